The molecule has 1 aromatic heterocycles. The maximum Gasteiger partial charge on any atom is 0.339 e. The molecule has 0 atom stereocenters. The van der Waals surface area contributed by atoms with Gasteiger partial charge in [-0.1, -0.05) is 24.3 Å². The first-order valence-electron chi connectivity index (χ1n) is 5.80. The normalized spacial score (nSPS) is 10.2. The highest BCUT2D eigenvalue weighted by atomic mass is 16.4. The van der Waals surface area contributed by atoms with E-state index in [1.807, 2.05) is 24.3 Å². The van der Waals surface area contributed by atoms with Gasteiger partial charge in [0.15, 0.2) is 0 Å². The molecule has 0 fully saturated rings. The Morgan fingerprint density at radius 3 is 2.47 bits per heavy atom. The molecule has 1 heterocycles. The second kappa shape index (κ2) is 5.97. The summed E-state index contributed by atoms with van der Waals surface area (Å²) < 4.78 is 0. The predicted octanol–water partition coefficient (Wildman–Crippen LogP) is 1.88. The maximum atomic E-state index is 11.0. The first-order valence-corrected chi connectivity index (χ1v) is 5.80. The maximum absolute atomic E-state index is 11.0. The van der Waals surface area contributed by atoms with Crippen LogP contribution in [0.4, 0.5) is 5.69 Å². The molecule has 0 bridgehead atoms. The van der Waals surface area contributed by atoms with Crippen molar-refractivity contribution in [2.75, 3.05) is 5.32 Å². The van der Waals surface area contributed by atoms with E-state index in [-0.39, 0.29) is 12.2 Å². The summed E-state index contributed by atoms with van der Waals surface area (Å²) in [6, 6.07) is 9.08. The first kappa shape index (κ1) is 13.0. The summed E-state index contributed by atoms with van der Waals surface area (Å²) in [5.74, 6) is -1.01. The Balaban J connectivity index is 2.07. The number of pyridine rings is 1. The molecule has 98 valence electrons. The third-order valence-electron chi connectivity index (χ3n) is 2.74. The number of aromatic nitrogens is 1. The molecule has 0 unspecified atom stereocenters. The van der Waals surface area contributed by atoms with E-state index in [0.717, 1.165) is 11.1 Å². The number of carboxylic acids is 1. The molecule has 19 heavy (non-hydrogen) atoms. The van der Waals surface area contributed by atoms with Gasteiger partial charge in [-0.15, -0.1) is 0 Å². The van der Waals surface area contributed by atoms with Gasteiger partial charge < -0.3 is 15.5 Å². The number of aliphatic hydroxyl groups is 1. The second-order valence-electron chi connectivity index (χ2n) is 4.05. The van der Waals surface area contributed by atoms with Crippen LogP contribution in [-0.2, 0) is 13.2 Å². The molecule has 2 aromatic rings. The lowest BCUT2D eigenvalue weighted by molar-refractivity contribution is 0.0697. The highest BCUT2D eigenvalue weighted by Crippen LogP contribution is 2.15. The topological polar surface area (TPSA) is 82.5 Å². The third kappa shape index (κ3) is 3.29. The molecule has 2 rings (SSSR count). The summed E-state index contributed by atoms with van der Waals surface area (Å²) in [5, 5.41) is 21.0. The molecular weight excluding hydrogens is 244 g/mol. The number of benzene rings is 1. The zero-order valence-corrected chi connectivity index (χ0v) is 10.2. The monoisotopic (exact) mass is 258 g/mol. The van der Waals surface area contributed by atoms with E-state index in [4.69, 9.17) is 10.2 Å². The standard InChI is InChI=1S/C14H14N2O3/c17-9-11-3-1-10(2-4-11)7-16-13-5-6-15-8-12(13)14(18)19/h1-6,8,17H,7,9H2,(H,15,16)(H,18,19). The van der Waals surface area contributed by atoms with Crippen LogP contribution in [0.2, 0.25) is 0 Å². The van der Waals surface area contributed by atoms with E-state index >= 15 is 0 Å². The lowest BCUT2D eigenvalue weighted by atomic mass is 10.1. The minimum atomic E-state index is -1.01. The van der Waals surface area contributed by atoms with Crippen LogP contribution in [0.15, 0.2) is 42.7 Å². The summed E-state index contributed by atoms with van der Waals surface area (Å²) in [7, 11) is 0. The van der Waals surface area contributed by atoms with Crippen molar-refractivity contribution >= 4 is 11.7 Å². The number of hydrogen-bond donors (Lipinski definition) is 3. The number of carbonyl (C=O) groups is 1. The van der Waals surface area contributed by atoms with Gasteiger partial charge in [0.05, 0.1) is 12.3 Å². The van der Waals surface area contributed by atoms with Crippen LogP contribution in [0.3, 0.4) is 0 Å². The highest BCUT2D eigenvalue weighted by Gasteiger charge is 2.09. The molecule has 1 aromatic carbocycles. The fraction of sp³-hybridized carbons (Fsp3) is 0.143. The predicted molar refractivity (Wildman–Crippen MR) is 70.9 cm³/mol. The smallest absolute Gasteiger partial charge is 0.339 e. The van der Waals surface area contributed by atoms with E-state index in [2.05, 4.69) is 10.3 Å². The van der Waals surface area contributed by atoms with E-state index in [0.29, 0.717) is 12.2 Å². The van der Waals surface area contributed by atoms with Crippen molar-refractivity contribution in [3.05, 3.63) is 59.4 Å². The molecule has 0 radical (unpaired) electrons. The van der Waals surface area contributed by atoms with Crippen LogP contribution < -0.4 is 5.32 Å². The van der Waals surface area contributed by atoms with Gasteiger partial charge in [-0.25, -0.2) is 4.79 Å². The molecule has 0 saturated carbocycles. The average Bonchev–Trinajstić information content (AvgIpc) is 2.46. The van der Waals surface area contributed by atoms with Crippen LogP contribution in [0, 0.1) is 0 Å². The molecule has 5 heteroatoms. The van der Waals surface area contributed by atoms with Crippen molar-refractivity contribution < 1.29 is 15.0 Å². The van der Waals surface area contributed by atoms with Gasteiger partial charge in [0.1, 0.15) is 5.56 Å². The Labute approximate surface area is 110 Å². The lowest BCUT2D eigenvalue weighted by Gasteiger charge is -2.09. The van der Waals surface area contributed by atoms with E-state index in [9.17, 15) is 4.79 Å². The van der Waals surface area contributed by atoms with Crippen LogP contribution >= 0.6 is 0 Å². The Kier molecular flexibility index (Phi) is 4.10. The van der Waals surface area contributed by atoms with Crippen molar-refractivity contribution in [3.63, 3.8) is 0 Å². The molecule has 0 aliphatic heterocycles. The Morgan fingerprint density at radius 1 is 1.16 bits per heavy atom. The molecule has 5 nitrogen and oxygen atoms in total. The van der Waals surface area contributed by atoms with Crippen molar-refractivity contribution in [2.24, 2.45) is 0 Å². The van der Waals surface area contributed by atoms with Crippen LogP contribution in [0.25, 0.3) is 0 Å². The highest BCUT2D eigenvalue weighted by molar-refractivity contribution is 5.93. The summed E-state index contributed by atoms with van der Waals surface area (Å²) in [4.78, 5) is 14.8. The largest absolute Gasteiger partial charge is 0.478 e. The second-order valence-corrected chi connectivity index (χ2v) is 4.05. The van der Waals surface area contributed by atoms with Crippen molar-refractivity contribution in [1.82, 2.24) is 4.98 Å². The number of aromatic carboxylic acids is 1. The van der Waals surface area contributed by atoms with Gasteiger partial charge >= 0.3 is 5.97 Å². The quantitative estimate of drug-likeness (QED) is 0.762. The number of anilines is 1. The molecule has 0 aliphatic rings. The van der Waals surface area contributed by atoms with Crippen molar-refractivity contribution in [2.45, 2.75) is 13.2 Å². The summed E-state index contributed by atoms with van der Waals surface area (Å²) in [6.45, 7) is 0.525. The number of rotatable bonds is 5. The van der Waals surface area contributed by atoms with E-state index in [1.54, 1.807) is 12.3 Å². The van der Waals surface area contributed by atoms with Gasteiger partial charge in [-0.05, 0) is 17.2 Å². The van der Waals surface area contributed by atoms with Crippen LogP contribution in [0.1, 0.15) is 21.5 Å². The molecular formula is C14H14N2O3. The van der Waals surface area contributed by atoms with E-state index in [1.165, 1.54) is 6.20 Å². The molecule has 0 spiro atoms. The minimum Gasteiger partial charge on any atom is -0.478 e. The summed E-state index contributed by atoms with van der Waals surface area (Å²) in [6.07, 6.45) is 2.86. The third-order valence-corrected chi connectivity index (χ3v) is 2.74. The number of hydrogen-bond acceptors (Lipinski definition) is 4. The zero-order chi connectivity index (χ0) is 13.7. The first-order chi connectivity index (χ1) is 9.20. The molecule has 0 saturated heterocycles. The fourth-order valence-electron chi connectivity index (χ4n) is 1.68. The van der Waals surface area contributed by atoms with Gasteiger partial charge in [0.25, 0.3) is 0 Å². The fourth-order valence-corrected chi connectivity index (χ4v) is 1.68. The van der Waals surface area contributed by atoms with Crippen LogP contribution in [0.5, 0.6) is 0 Å². The minimum absolute atomic E-state index is 0.0151. The Hall–Kier alpha value is -2.40. The number of nitrogens with one attached hydrogen (secondary N) is 1. The Morgan fingerprint density at radius 2 is 1.84 bits per heavy atom. The number of carboxylic acid groups (broad SMARTS) is 1. The number of aliphatic hydroxyl groups excluding tert-OH is 1. The summed E-state index contributed by atoms with van der Waals surface area (Å²) >= 11 is 0. The summed E-state index contributed by atoms with van der Waals surface area (Å²) in [5.41, 5.74) is 2.53. The Bertz CT molecular complexity index is 567. The SMILES string of the molecule is O=C(O)c1cnccc1NCc1ccc(CO)cc1. The molecule has 0 aliphatic carbocycles. The van der Waals surface area contributed by atoms with Gasteiger partial charge in [-0.2, -0.15) is 0 Å². The van der Waals surface area contributed by atoms with E-state index < -0.39 is 5.97 Å². The molecule has 0 amide bonds. The lowest BCUT2D eigenvalue weighted by Crippen LogP contribution is -2.06. The average molecular weight is 258 g/mol. The van der Waals surface area contributed by atoms with Gasteiger partial charge in [0, 0.05) is 18.9 Å². The van der Waals surface area contributed by atoms with Crippen LogP contribution in [-0.4, -0.2) is 21.2 Å². The zero-order valence-electron chi connectivity index (χ0n) is 10.2. The van der Waals surface area contributed by atoms with Gasteiger partial charge in [0.2, 0.25) is 0 Å². The van der Waals surface area contributed by atoms with Gasteiger partial charge in [-0.3, -0.25) is 4.98 Å². The van der Waals surface area contributed by atoms with Crippen molar-refractivity contribution in [1.29, 1.82) is 0 Å². The van der Waals surface area contributed by atoms with Crippen molar-refractivity contribution in [3.8, 4) is 0 Å². The number of nitrogens with zero attached hydrogens (tertiary/aromatic N) is 1. The molecule has 3 N–H and O–H groups in total.